The van der Waals surface area contributed by atoms with Gasteiger partial charge in [0.15, 0.2) is 0 Å². The van der Waals surface area contributed by atoms with Crippen LogP contribution in [0.4, 0.5) is 0 Å². The summed E-state index contributed by atoms with van der Waals surface area (Å²) >= 11 is 0. The van der Waals surface area contributed by atoms with Crippen molar-refractivity contribution in [1.29, 1.82) is 0 Å². The second-order valence-corrected chi connectivity index (χ2v) is 9.45. The van der Waals surface area contributed by atoms with Crippen molar-refractivity contribution >= 4 is 32.3 Å². The van der Waals surface area contributed by atoms with E-state index >= 15 is 0 Å². The molecule has 136 valence electrons. The molecule has 0 nitrogen and oxygen atoms in total. The number of hydrogen-bond donors (Lipinski definition) is 0. The highest BCUT2D eigenvalue weighted by Crippen LogP contribution is 2.53. The quantitative estimate of drug-likeness (QED) is 0.250. The zero-order valence-corrected chi connectivity index (χ0v) is 16.9. The summed E-state index contributed by atoms with van der Waals surface area (Å²) in [5, 5.41) is 8.30. The minimum Gasteiger partial charge on any atom is -0.0619 e. The maximum atomic E-state index is 2.47. The van der Waals surface area contributed by atoms with Crippen LogP contribution in [0.25, 0.3) is 32.3 Å². The van der Waals surface area contributed by atoms with Crippen LogP contribution in [-0.2, 0) is 10.8 Å². The Bertz CT molecular complexity index is 1380. The molecule has 1 aliphatic rings. The van der Waals surface area contributed by atoms with Crippen LogP contribution in [0.2, 0.25) is 0 Å². The molecule has 0 fully saturated rings. The minimum absolute atomic E-state index is 0.00804. The molecule has 0 bridgehead atoms. The third-order valence-corrected chi connectivity index (χ3v) is 7.22. The highest BCUT2D eigenvalue weighted by Gasteiger charge is 2.42. The van der Waals surface area contributed by atoms with Crippen LogP contribution in [0.1, 0.15) is 49.9 Å². The fourth-order valence-corrected chi connectivity index (χ4v) is 5.83. The van der Waals surface area contributed by atoms with Crippen molar-refractivity contribution in [2.75, 3.05) is 0 Å². The third kappa shape index (κ3) is 1.77. The van der Waals surface area contributed by atoms with Gasteiger partial charge in [0.2, 0.25) is 0 Å². The van der Waals surface area contributed by atoms with E-state index in [1.165, 1.54) is 54.6 Å². The number of benzene rings is 5. The van der Waals surface area contributed by atoms with Gasteiger partial charge in [-0.1, -0.05) is 94.4 Å². The molecule has 5 aromatic rings. The van der Waals surface area contributed by atoms with Crippen LogP contribution in [0.3, 0.4) is 0 Å². The standard InChI is InChI=1S/C28H24/c1-27(2)21-10-5-6-11-22(21)28(3,4)26-20-15-14-18-9-7-8-17-12-13-19(16-23(26)27)25(20)24(17)18/h5-16H,1-4H3. The van der Waals surface area contributed by atoms with Gasteiger partial charge in [-0.25, -0.2) is 0 Å². The summed E-state index contributed by atoms with van der Waals surface area (Å²) in [5.74, 6) is 0. The molecule has 0 aromatic heterocycles. The summed E-state index contributed by atoms with van der Waals surface area (Å²) in [6, 6.07) is 27.4. The smallest absolute Gasteiger partial charge is 0.0158 e. The van der Waals surface area contributed by atoms with Crippen molar-refractivity contribution in [3.8, 4) is 0 Å². The predicted molar refractivity (Wildman–Crippen MR) is 121 cm³/mol. The Morgan fingerprint density at radius 1 is 0.500 bits per heavy atom. The normalized spacial score (nSPS) is 17.1. The Balaban J connectivity index is 1.88. The van der Waals surface area contributed by atoms with Gasteiger partial charge in [-0.3, -0.25) is 0 Å². The van der Waals surface area contributed by atoms with Gasteiger partial charge in [-0.05, 0) is 60.6 Å². The second-order valence-electron chi connectivity index (χ2n) is 9.45. The van der Waals surface area contributed by atoms with Gasteiger partial charge in [-0.15, -0.1) is 0 Å². The third-order valence-electron chi connectivity index (χ3n) is 7.22. The molecule has 0 atom stereocenters. The molecule has 0 heteroatoms. The highest BCUT2D eigenvalue weighted by molar-refractivity contribution is 6.24. The lowest BCUT2D eigenvalue weighted by Gasteiger charge is -2.44. The first-order valence-corrected chi connectivity index (χ1v) is 10.2. The fraction of sp³-hybridized carbons (Fsp3) is 0.214. The Morgan fingerprint density at radius 3 is 1.82 bits per heavy atom. The highest BCUT2D eigenvalue weighted by atomic mass is 14.5. The summed E-state index contributed by atoms with van der Waals surface area (Å²) in [4.78, 5) is 0. The van der Waals surface area contributed by atoms with Crippen LogP contribution >= 0.6 is 0 Å². The molecular weight excluding hydrogens is 336 g/mol. The molecule has 0 saturated heterocycles. The lowest BCUT2D eigenvalue weighted by atomic mass is 9.59. The van der Waals surface area contributed by atoms with E-state index in [-0.39, 0.29) is 10.8 Å². The topological polar surface area (TPSA) is 0 Å². The summed E-state index contributed by atoms with van der Waals surface area (Å²) < 4.78 is 0. The van der Waals surface area contributed by atoms with Crippen LogP contribution < -0.4 is 0 Å². The predicted octanol–water partition coefficient (Wildman–Crippen LogP) is 7.55. The van der Waals surface area contributed by atoms with Gasteiger partial charge < -0.3 is 0 Å². The molecule has 0 radical (unpaired) electrons. The van der Waals surface area contributed by atoms with Crippen molar-refractivity contribution in [3.05, 3.63) is 95.1 Å². The van der Waals surface area contributed by atoms with Crippen molar-refractivity contribution in [1.82, 2.24) is 0 Å². The van der Waals surface area contributed by atoms with E-state index in [2.05, 4.69) is 100 Å². The van der Waals surface area contributed by atoms with Gasteiger partial charge >= 0.3 is 0 Å². The SMILES string of the molecule is CC1(C)c2ccccc2C(C)(C)c2c1cc1ccc3cccc4ccc2c1c34. The molecule has 28 heavy (non-hydrogen) atoms. The minimum atomic E-state index is -0.0240. The maximum Gasteiger partial charge on any atom is 0.0158 e. The molecule has 1 aliphatic carbocycles. The molecular formula is C28H24. The van der Waals surface area contributed by atoms with Gasteiger partial charge in [-0.2, -0.15) is 0 Å². The Hall–Kier alpha value is -2.86. The molecule has 6 rings (SSSR count). The Kier molecular flexibility index (Phi) is 2.85. The Labute approximate surface area is 166 Å². The van der Waals surface area contributed by atoms with Crippen LogP contribution in [-0.4, -0.2) is 0 Å². The Morgan fingerprint density at radius 2 is 1.11 bits per heavy atom. The van der Waals surface area contributed by atoms with Gasteiger partial charge in [0.05, 0.1) is 0 Å². The summed E-state index contributed by atoms with van der Waals surface area (Å²) in [6.07, 6.45) is 0. The first-order valence-electron chi connectivity index (χ1n) is 10.2. The fourth-order valence-electron chi connectivity index (χ4n) is 5.83. The largest absolute Gasteiger partial charge is 0.0619 e. The van der Waals surface area contributed by atoms with Crippen LogP contribution in [0.5, 0.6) is 0 Å². The molecule has 5 aromatic carbocycles. The average Bonchev–Trinajstić information content (AvgIpc) is 2.70. The number of fused-ring (bicyclic) bond motifs is 3. The van der Waals surface area contributed by atoms with Crippen molar-refractivity contribution in [2.45, 2.75) is 38.5 Å². The monoisotopic (exact) mass is 360 g/mol. The van der Waals surface area contributed by atoms with Gasteiger partial charge in [0.1, 0.15) is 0 Å². The van der Waals surface area contributed by atoms with Gasteiger partial charge in [0.25, 0.3) is 0 Å². The molecule has 0 N–H and O–H groups in total. The lowest BCUT2D eigenvalue weighted by molar-refractivity contribution is 0.525. The van der Waals surface area contributed by atoms with Gasteiger partial charge in [0, 0.05) is 10.8 Å². The summed E-state index contributed by atoms with van der Waals surface area (Å²) in [5.41, 5.74) is 5.86. The molecule has 0 unspecified atom stereocenters. The maximum absolute atomic E-state index is 2.47. The van der Waals surface area contributed by atoms with E-state index < -0.39 is 0 Å². The van der Waals surface area contributed by atoms with E-state index in [1.54, 1.807) is 0 Å². The van der Waals surface area contributed by atoms with Crippen LogP contribution in [0.15, 0.2) is 72.8 Å². The van der Waals surface area contributed by atoms with Crippen molar-refractivity contribution in [2.24, 2.45) is 0 Å². The first kappa shape index (κ1) is 16.1. The molecule has 0 spiro atoms. The lowest BCUT2D eigenvalue weighted by Crippen LogP contribution is -2.36. The first-order chi connectivity index (χ1) is 13.4. The number of hydrogen-bond acceptors (Lipinski definition) is 0. The van der Waals surface area contributed by atoms with E-state index in [9.17, 15) is 0 Å². The molecule has 0 heterocycles. The summed E-state index contributed by atoms with van der Waals surface area (Å²) in [6.45, 7) is 9.57. The van der Waals surface area contributed by atoms with Crippen LogP contribution in [0, 0.1) is 0 Å². The average molecular weight is 361 g/mol. The summed E-state index contributed by atoms with van der Waals surface area (Å²) in [7, 11) is 0. The van der Waals surface area contributed by atoms with E-state index in [0.29, 0.717) is 0 Å². The van der Waals surface area contributed by atoms with Crippen molar-refractivity contribution in [3.63, 3.8) is 0 Å². The van der Waals surface area contributed by atoms with E-state index in [0.717, 1.165) is 0 Å². The van der Waals surface area contributed by atoms with E-state index in [4.69, 9.17) is 0 Å². The second kappa shape index (κ2) is 4.94. The number of rotatable bonds is 0. The zero-order chi connectivity index (χ0) is 19.3. The van der Waals surface area contributed by atoms with E-state index in [1.807, 2.05) is 0 Å². The zero-order valence-electron chi connectivity index (χ0n) is 16.9. The molecule has 0 saturated carbocycles. The molecule has 0 amide bonds. The van der Waals surface area contributed by atoms with Crippen molar-refractivity contribution < 1.29 is 0 Å². The molecule has 0 aliphatic heterocycles.